The van der Waals surface area contributed by atoms with Crippen molar-refractivity contribution >= 4 is 11.5 Å². The average molecular weight is 271 g/mol. The lowest BCUT2D eigenvalue weighted by Crippen LogP contribution is -2.08. The zero-order chi connectivity index (χ0) is 14.6. The molecule has 0 atom stereocenters. The Balaban J connectivity index is 3.00. The van der Waals surface area contributed by atoms with Crippen molar-refractivity contribution in [3.8, 4) is 0 Å². The van der Waals surface area contributed by atoms with Gasteiger partial charge in [0.25, 0.3) is 12.1 Å². The molecule has 0 aliphatic rings. The summed E-state index contributed by atoms with van der Waals surface area (Å²) in [5.74, 6) is 0.00583. The van der Waals surface area contributed by atoms with Crippen LogP contribution in [0.4, 0.5) is 14.5 Å². The van der Waals surface area contributed by atoms with Crippen molar-refractivity contribution < 1.29 is 18.5 Å². The second-order valence-electron chi connectivity index (χ2n) is 4.75. The van der Waals surface area contributed by atoms with Crippen LogP contribution in [0.25, 0.3) is 0 Å². The SMILES string of the molecule is CC(C)CC(=O)Cc1ccc([N+](=O)[O-])cc1C(F)F. The van der Waals surface area contributed by atoms with Crippen LogP contribution >= 0.6 is 0 Å². The highest BCUT2D eigenvalue weighted by molar-refractivity contribution is 5.81. The number of alkyl halides is 2. The van der Waals surface area contributed by atoms with Gasteiger partial charge in [0.2, 0.25) is 0 Å². The zero-order valence-corrected chi connectivity index (χ0v) is 10.7. The minimum atomic E-state index is -2.83. The predicted molar refractivity (Wildman–Crippen MR) is 66.2 cm³/mol. The molecule has 0 unspecified atom stereocenters. The lowest BCUT2D eigenvalue weighted by Gasteiger charge is -2.09. The number of halogens is 2. The molecule has 1 rings (SSSR count). The Morgan fingerprint density at radius 2 is 2.00 bits per heavy atom. The molecule has 0 aliphatic carbocycles. The number of rotatable bonds is 6. The molecule has 0 bridgehead atoms. The lowest BCUT2D eigenvalue weighted by molar-refractivity contribution is -0.385. The maximum Gasteiger partial charge on any atom is 0.269 e. The van der Waals surface area contributed by atoms with E-state index in [1.54, 1.807) is 0 Å². The van der Waals surface area contributed by atoms with Crippen LogP contribution in [0.3, 0.4) is 0 Å². The number of hydrogen-bond donors (Lipinski definition) is 0. The van der Waals surface area contributed by atoms with Gasteiger partial charge in [0.05, 0.1) is 4.92 Å². The number of benzene rings is 1. The topological polar surface area (TPSA) is 60.2 Å². The van der Waals surface area contributed by atoms with E-state index < -0.39 is 22.6 Å². The molecule has 0 saturated heterocycles. The van der Waals surface area contributed by atoms with Crippen molar-refractivity contribution in [2.75, 3.05) is 0 Å². The number of non-ortho nitro benzene ring substituents is 1. The van der Waals surface area contributed by atoms with E-state index in [0.29, 0.717) is 6.42 Å². The smallest absolute Gasteiger partial charge is 0.269 e. The van der Waals surface area contributed by atoms with Crippen molar-refractivity contribution in [3.05, 3.63) is 39.4 Å². The molecule has 4 nitrogen and oxygen atoms in total. The third-order valence-corrected chi connectivity index (χ3v) is 2.60. The molecular formula is C13H15F2NO3. The summed E-state index contributed by atoms with van der Waals surface area (Å²) in [6, 6.07) is 3.21. The third kappa shape index (κ3) is 4.39. The third-order valence-electron chi connectivity index (χ3n) is 2.60. The number of carbonyl (C=O) groups is 1. The largest absolute Gasteiger partial charge is 0.299 e. The first-order valence-corrected chi connectivity index (χ1v) is 5.88. The quantitative estimate of drug-likeness (QED) is 0.585. The summed E-state index contributed by atoms with van der Waals surface area (Å²) in [7, 11) is 0. The molecule has 6 heteroatoms. The number of nitro benzene ring substituents is 1. The van der Waals surface area contributed by atoms with Crippen LogP contribution < -0.4 is 0 Å². The lowest BCUT2D eigenvalue weighted by atomic mass is 9.97. The average Bonchev–Trinajstić information content (AvgIpc) is 2.27. The van der Waals surface area contributed by atoms with E-state index in [1.807, 2.05) is 13.8 Å². The zero-order valence-electron chi connectivity index (χ0n) is 10.7. The molecule has 1 aromatic carbocycles. The summed E-state index contributed by atoms with van der Waals surface area (Å²) in [5, 5.41) is 10.5. The van der Waals surface area contributed by atoms with Crippen LogP contribution in [0.5, 0.6) is 0 Å². The standard InChI is InChI=1S/C13H15F2NO3/c1-8(2)5-11(17)6-9-3-4-10(16(18)19)7-12(9)13(14)15/h3-4,7-8,13H,5-6H2,1-2H3. The van der Waals surface area contributed by atoms with Crippen molar-refractivity contribution in [3.63, 3.8) is 0 Å². The van der Waals surface area contributed by atoms with Gasteiger partial charge in [-0.1, -0.05) is 19.9 Å². The highest BCUT2D eigenvalue weighted by atomic mass is 19.3. The fraction of sp³-hybridized carbons (Fsp3) is 0.462. The van der Waals surface area contributed by atoms with E-state index in [0.717, 1.165) is 12.1 Å². The van der Waals surface area contributed by atoms with Crippen LogP contribution in [0.1, 0.15) is 37.8 Å². The number of nitrogens with zero attached hydrogens (tertiary/aromatic N) is 1. The van der Waals surface area contributed by atoms with Gasteiger partial charge in [-0.15, -0.1) is 0 Å². The molecule has 0 fully saturated rings. The first-order valence-electron chi connectivity index (χ1n) is 5.88. The maximum atomic E-state index is 12.8. The number of hydrogen-bond acceptors (Lipinski definition) is 3. The van der Waals surface area contributed by atoms with E-state index in [2.05, 4.69) is 0 Å². The van der Waals surface area contributed by atoms with Gasteiger partial charge < -0.3 is 0 Å². The van der Waals surface area contributed by atoms with Crippen molar-refractivity contribution in [2.45, 2.75) is 33.1 Å². The Kier molecular flexibility index (Phi) is 5.09. The van der Waals surface area contributed by atoms with E-state index >= 15 is 0 Å². The molecule has 0 spiro atoms. The Morgan fingerprint density at radius 1 is 1.37 bits per heavy atom. The number of ketones is 1. The van der Waals surface area contributed by atoms with Crippen LogP contribution in [0.2, 0.25) is 0 Å². The molecule has 0 aromatic heterocycles. The van der Waals surface area contributed by atoms with Crippen molar-refractivity contribution in [2.24, 2.45) is 5.92 Å². The van der Waals surface area contributed by atoms with E-state index in [4.69, 9.17) is 0 Å². The van der Waals surface area contributed by atoms with Gasteiger partial charge in [-0.05, 0) is 11.5 Å². The molecule has 19 heavy (non-hydrogen) atoms. The molecule has 0 saturated carbocycles. The molecular weight excluding hydrogens is 256 g/mol. The first-order chi connectivity index (χ1) is 8.81. The second kappa shape index (κ2) is 6.36. The molecule has 0 N–H and O–H groups in total. The van der Waals surface area contributed by atoms with E-state index in [1.165, 1.54) is 6.07 Å². The van der Waals surface area contributed by atoms with Gasteiger partial charge in [-0.25, -0.2) is 8.78 Å². The summed E-state index contributed by atoms with van der Waals surface area (Å²) in [5.41, 5.74) is -0.673. The number of nitro groups is 1. The van der Waals surface area contributed by atoms with Gasteiger partial charge >= 0.3 is 0 Å². The van der Waals surface area contributed by atoms with Gasteiger partial charge in [0.15, 0.2) is 0 Å². The van der Waals surface area contributed by atoms with Crippen LogP contribution in [0.15, 0.2) is 18.2 Å². The first kappa shape index (κ1) is 15.2. The number of Topliss-reactive ketones (excluding diaryl/α,β-unsaturated/α-hetero) is 1. The predicted octanol–water partition coefficient (Wildman–Crippen LogP) is 3.69. The molecule has 0 heterocycles. The van der Waals surface area contributed by atoms with Crippen LogP contribution in [-0.2, 0) is 11.2 Å². The van der Waals surface area contributed by atoms with Gasteiger partial charge in [0.1, 0.15) is 5.78 Å². The van der Waals surface area contributed by atoms with Crippen LogP contribution in [0, 0.1) is 16.0 Å². The summed E-state index contributed by atoms with van der Waals surface area (Å²) in [6.07, 6.45) is -2.64. The summed E-state index contributed by atoms with van der Waals surface area (Å²) in [6.45, 7) is 3.73. The molecule has 0 radical (unpaired) electrons. The molecule has 104 valence electrons. The summed E-state index contributed by atoms with van der Waals surface area (Å²) >= 11 is 0. The minimum Gasteiger partial charge on any atom is -0.299 e. The Hall–Kier alpha value is -1.85. The Bertz CT molecular complexity index is 487. The van der Waals surface area contributed by atoms with Gasteiger partial charge in [-0.2, -0.15) is 0 Å². The van der Waals surface area contributed by atoms with Crippen molar-refractivity contribution in [1.29, 1.82) is 0 Å². The molecule has 0 amide bonds. The summed E-state index contributed by atoms with van der Waals surface area (Å²) < 4.78 is 25.7. The fourth-order valence-electron chi connectivity index (χ4n) is 1.80. The highest BCUT2D eigenvalue weighted by Gasteiger charge is 2.19. The molecule has 0 aliphatic heterocycles. The minimum absolute atomic E-state index is 0.115. The van der Waals surface area contributed by atoms with Gasteiger partial charge in [-0.3, -0.25) is 14.9 Å². The summed E-state index contributed by atoms with van der Waals surface area (Å²) in [4.78, 5) is 21.5. The number of carbonyl (C=O) groups excluding carboxylic acids is 1. The Labute approximate surface area is 109 Å². The fourth-order valence-corrected chi connectivity index (χ4v) is 1.80. The molecule has 1 aromatic rings. The van der Waals surface area contributed by atoms with E-state index in [-0.39, 0.29) is 23.7 Å². The monoisotopic (exact) mass is 271 g/mol. The second-order valence-corrected chi connectivity index (χ2v) is 4.75. The van der Waals surface area contributed by atoms with Gasteiger partial charge in [0, 0.05) is 30.5 Å². The van der Waals surface area contributed by atoms with E-state index in [9.17, 15) is 23.7 Å². The highest BCUT2D eigenvalue weighted by Crippen LogP contribution is 2.28. The Morgan fingerprint density at radius 3 is 2.47 bits per heavy atom. The van der Waals surface area contributed by atoms with Crippen molar-refractivity contribution in [1.82, 2.24) is 0 Å². The van der Waals surface area contributed by atoms with Crippen LogP contribution in [-0.4, -0.2) is 10.7 Å². The maximum absolute atomic E-state index is 12.8. The normalized spacial score (nSPS) is 11.1.